The number of aliphatic hydroxyl groups excluding tert-OH is 2. The van der Waals surface area contributed by atoms with E-state index in [9.17, 15) is 15.0 Å². The molecule has 6 heteroatoms. The van der Waals surface area contributed by atoms with Crippen molar-refractivity contribution in [2.45, 2.75) is 44.3 Å². The van der Waals surface area contributed by atoms with E-state index >= 15 is 0 Å². The van der Waals surface area contributed by atoms with Crippen LogP contribution in [0.3, 0.4) is 0 Å². The van der Waals surface area contributed by atoms with Crippen molar-refractivity contribution >= 4 is 27.5 Å². The molecule has 1 aliphatic heterocycles. The van der Waals surface area contributed by atoms with E-state index in [-0.39, 0.29) is 11.3 Å². The van der Waals surface area contributed by atoms with Crippen molar-refractivity contribution < 1.29 is 15.0 Å². The SMILES string of the molecule is O=C(C(O)C(O)c1nc2ccccc2s1)N1CCC2(CCCC2)C1. The molecule has 0 bridgehead atoms. The van der Waals surface area contributed by atoms with E-state index in [1.54, 1.807) is 4.90 Å². The molecule has 2 atom stereocenters. The van der Waals surface area contributed by atoms with Crippen molar-refractivity contribution in [1.82, 2.24) is 9.88 Å². The molecule has 1 spiro atoms. The van der Waals surface area contributed by atoms with Gasteiger partial charge in [-0.1, -0.05) is 25.0 Å². The van der Waals surface area contributed by atoms with Crippen LogP contribution in [0.2, 0.25) is 0 Å². The lowest BCUT2D eigenvalue weighted by Gasteiger charge is -2.26. The average molecular weight is 346 g/mol. The topological polar surface area (TPSA) is 73.7 Å². The molecule has 4 rings (SSSR count). The number of thiazole rings is 1. The normalized spacial score (nSPS) is 22.3. The van der Waals surface area contributed by atoms with Gasteiger partial charge in [-0.3, -0.25) is 4.79 Å². The van der Waals surface area contributed by atoms with Gasteiger partial charge in [0.25, 0.3) is 5.91 Å². The second kappa shape index (κ2) is 6.10. The number of hydrogen-bond donors (Lipinski definition) is 2. The molecule has 2 fully saturated rings. The number of rotatable bonds is 3. The average Bonchev–Trinajstić information content (AvgIpc) is 3.33. The molecule has 5 nitrogen and oxygen atoms in total. The highest BCUT2D eigenvalue weighted by Gasteiger charge is 2.43. The van der Waals surface area contributed by atoms with Crippen LogP contribution >= 0.6 is 11.3 Å². The Morgan fingerprint density at radius 2 is 1.96 bits per heavy atom. The lowest BCUT2D eigenvalue weighted by molar-refractivity contribution is -0.145. The largest absolute Gasteiger partial charge is 0.383 e. The summed E-state index contributed by atoms with van der Waals surface area (Å²) in [6, 6.07) is 7.57. The van der Waals surface area contributed by atoms with E-state index < -0.39 is 12.2 Å². The Labute approximate surface area is 144 Å². The smallest absolute Gasteiger partial charge is 0.254 e. The second-order valence-corrected chi connectivity index (χ2v) is 8.19. The van der Waals surface area contributed by atoms with Crippen molar-refractivity contribution in [1.29, 1.82) is 0 Å². The van der Waals surface area contributed by atoms with Gasteiger partial charge < -0.3 is 15.1 Å². The zero-order chi connectivity index (χ0) is 16.7. The molecule has 1 aliphatic carbocycles. The molecule has 0 radical (unpaired) electrons. The predicted molar refractivity (Wildman–Crippen MR) is 92.7 cm³/mol. The molecule has 2 aromatic rings. The van der Waals surface area contributed by atoms with Gasteiger partial charge in [0, 0.05) is 13.1 Å². The zero-order valence-corrected chi connectivity index (χ0v) is 14.3. The van der Waals surface area contributed by atoms with Crippen LogP contribution in [-0.4, -0.2) is 45.2 Å². The summed E-state index contributed by atoms with van der Waals surface area (Å²) in [6.07, 6.45) is 3.12. The number of aromatic nitrogens is 1. The Hall–Kier alpha value is -1.50. The standard InChI is InChI=1S/C18H22N2O3S/c21-14(16-19-12-5-1-2-6-13(12)24-16)15(22)17(23)20-10-9-18(11-20)7-3-4-8-18/h1-2,5-6,14-15,21-22H,3-4,7-11H2. The number of nitrogens with zero attached hydrogens (tertiary/aromatic N) is 2. The van der Waals surface area contributed by atoms with Crippen LogP contribution in [-0.2, 0) is 4.79 Å². The minimum absolute atomic E-state index is 0.260. The third-order valence-corrected chi connectivity index (χ3v) is 6.64. The maximum Gasteiger partial charge on any atom is 0.254 e. The minimum atomic E-state index is -1.44. The molecular weight excluding hydrogens is 324 g/mol. The minimum Gasteiger partial charge on any atom is -0.383 e. The first-order valence-electron chi connectivity index (χ1n) is 8.58. The van der Waals surface area contributed by atoms with E-state index in [0.29, 0.717) is 11.6 Å². The third-order valence-electron chi connectivity index (χ3n) is 5.53. The van der Waals surface area contributed by atoms with Crippen molar-refractivity contribution in [2.24, 2.45) is 5.41 Å². The van der Waals surface area contributed by atoms with Crippen LogP contribution in [0.1, 0.15) is 43.2 Å². The number of likely N-dealkylation sites (tertiary alicyclic amines) is 1. The van der Waals surface area contributed by atoms with Crippen molar-refractivity contribution in [2.75, 3.05) is 13.1 Å². The highest BCUT2D eigenvalue weighted by Crippen LogP contribution is 2.45. The summed E-state index contributed by atoms with van der Waals surface area (Å²) in [4.78, 5) is 18.7. The first-order chi connectivity index (χ1) is 11.6. The number of carbonyl (C=O) groups excluding carboxylic acids is 1. The van der Waals surface area contributed by atoms with Crippen LogP contribution in [0.15, 0.2) is 24.3 Å². The van der Waals surface area contributed by atoms with Gasteiger partial charge in [-0.2, -0.15) is 0 Å². The maximum absolute atomic E-state index is 12.6. The summed E-state index contributed by atoms with van der Waals surface area (Å²) < 4.78 is 0.942. The number of carbonyl (C=O) groups is 1. The number of para-hydroxylation sites is 1. The van der Waals surface area contributed by atoms with Gasteiger partial charge in [0.15, 0.2) is 6.10 Å². The van der Waals surface area contributed by atoms with E-state index in [4.69, 9.17) is 0 Å². The first-order valence-corrected chi connectivity index (χ1v) is 9.40. The van der Waals surface area contributed by atoms with E-state index in [2.05, 4.69) is 4.98 Å². The summed E-state index contributed by atoms with van der Waals surface area (Å²) in [5.74, 6) is -0.370. The number of hydrogen-bond acceptors (Lipinski definition) is 5. The number of benzene rings is 1. The summed E-state index contributed by atoms with van der Waals surface area (Å²) in [7, 11) is 0. The Morgan fingerprint density at radius 3 is 2.71 bits per heavy atom. The van der Waals surface area contributed by atoms with Gasteiger partial charge in [-0.15, -0.1) is 11.3 Å². The molecule has 2 heterocycles. The number of aliphatic hydroxyl groups is 2. The highest BCUT2D eigenvalue weighted by molar-refractivity contribution is 7.18. The van der Waals surface area contributed by atoms with Gasteiger partial charge in [0.2, 0.25) is 0 Å². The monoisotopic (exact) mass is 346 g/mol. The Kier molecular flexibility index (Phi) is 4.06. The summed E-state index contributed by atoms with van der Waals surface area (Å²) >= 11 is 1.32. The molecule has 1 aromatic carbocycles. The number of fused-ring (bicyclic) bond motifs is 1. The fourth-order valence-electron chi connectivity index (χ4n) is 4.13. The summed E-state index contributed by atoms with van der Waals surface area (Å²) in [5, 5.41) is 21.2. The van der Waals surface area contributed by atoms with Gasteiger partial charge >= 0.3 is 0 Å². The van der Waals surface area contributed by atoms with Crippen molar-refractivity contribution in [3.63, 3.8) is 0 Å². The quantitative estimate of drug-likeness (QED) is 0.895. The molecule has 2 N–H and O–H groups in total. The molecule has 2 aliphatic rings. The fourth-order valence-corrected chi connectivity index (χ4v) is 5.11. The Balaban J connectivity index is 1.48. The highest BCUT2D eigenvalue weighted by atomic mass is 32.1. The van der Waals surface area contributed by atoms with Crippen LogP contribution in [0.25, 0.3) is 10.2 Å². The van der Waals surface area contributed by atoms with Gasteiger partial charge in [0.05, 0.1) is 10.2 Å². The molecule has 24 heavy (non-hydrogen) atoms. The van der Waals surface area contributed by atoms with Crippen LogP contribution in [0.5, 0.6) is 0 Å². The van der Waals surface area contributed by atoms with E-state index in [0.717, 1.165) is 23.2 Å². The van der Waals surface area contributed by atoms with Crippen molar-refractivity contribution in [3.05, 3.63) is 29.3 Å². The van der Waals surface area contributed by atoms with Crippen LogP contribution in [0, 0.1) is 5.41 Å². The van der Waals surface area contributed by atoms with Gasteiger partial charge in [-0.05, 0) is 36.8 Å². The molecule has 1 saturated heterocycles. The Morgan fingerprint density at radius 1 is 1.21 bits per heavy atom. The molecule has 1 saturated carbocycles. The summed E-state index contributed by atoms with van der Waals surface area (Å²) in [5.41, 5.74) is 1.04. The Bertz CT molecular complexity index is 721. The van der Waals surface area contributed by atoms with Gasteiger partial charge in [-0.25, -0.2) is 4.98 Å². The second-order valence-electron chi connectivity index (χ2n) is 7.13. The zero-order valence-electron chi connectivity index (χ0n) is 13.5. The lowest BCUT2D eigenvalue weighted by Crippen LogP contribution is -2.41. The van der Waals surface area contributed by atoms with Crippen LogP contribution < -0.4 is 0 Å². The summed E-state index contributed by atoms with van der Waals surface area (Å²) in [6.45, 7) is 1.40. The predicted octanol–water partition coefficient (Wildman–Crippen LogP) is 2.48. The first kappa shape index (κ1) is 16.0. The maximum atomic E-state index is 12.6. The van der Waals surface area contributed by atoms with Crippen LogP contribution in [0.4, 0.5) is 0 Å². The van der Waals surface area contributed by atoms with E-state index in [1.807, 2.05) is 24.3 Å². The molecular formula is C18H22N2O3S. The third kappa shape index (κ3) is 2.72. The molecule has 1 aromatic heterocycles. The molecule has 1 amide bonds. The van der Waals surface area contributed by atoms with E-state index in [1.165, 1.54) is 37.0 Å². The molecule has 128 valence electrons. The fraction of sp³-hybridized carbons (Fsp3) is 0.556. The van der Waals surface area contributed by atoms with Crippen molar-refractivity contribution in [3.8, 4) is 0 Å². The van der Waals surface area contributed by atoms with Gasteiger partial charge in [0.1, 0.15) is 11.1 Å². The lowest BCUT2D eigenvalue weighted by atomic mass is 9.86. The molecule has 2 unspecified atom stereocenters. The number of amides is 1.